The van der Waals surface area contributed by atoms with E-state index in [-0.39, 0.29) is 11.5 Å². The fourth-order valence-corrected chi connectivity index (χ4v) is 3.15. The Morgan fingerprint density at radius 2 is 1.83 bits per heavy atom. The number of rotatable bonds is 5. The number of benzene rings is 2. The van der Waals surface area contributed by atoms with E-state index in [1.54, 1.807) is 17.7 Å². The van der Waals surface area contributed by atoms with Crippen LogP contribution in [0.1, 0.15) is 5.82 Å². The molecule has 0 saturated carbocycles. The van der Waals surface area contributed by atoms with E-state index in [0.717, 1.165) is 5.69 Å². The third-order valence-electron chi connectivity index (χ3n) is 3.60. The molecule has 0 saturated heterocycles. The summed E-state index contributed by atoms with van der Waals surface area (Å²) in [6.45, 7) is 0. The number of nitrogens with one attached hydrogen (secondary N) is 1. The van der Waals surface area contributed by atoms with Crippen molar-refractivity contribution in [3.05, 3.63) is 70.8 Å². The molecule has 0 radical (unpaired) electrons. The summed E-state index contributed by atoms with van der Waals surface area (Å²) in [5, 5.41) is 3.44. The van der Waals surface area contributed by atoms with Gasteiger partial charge in [-0.1, -0.05) is 30.3 Å². The predicted molar refractivity (Wildman–Crippen MR) is 98.2 cm³/mol. The molecule has 24 heavy (non-hydrogen) atoms. The first-order chi connectivity index (χ1) is 11.6. The second kappa shape index (κ2) is 7.31. The van der Waals surface area contributed by atoms with E-state index < -0.39 is 0 Å². The minimum absolute atomic E-state index is 0.0649. The summed E-state index contributed by atoms with van der Waals surface area (Å²) >= 11 is 1.43. The van der Waals surface area contributed by atoms with E-state index in [1.165, 1.54) is 11.8 Å². The average molecular weight is 339 g/mol. The summed E-state index contributed by atoms with van der Waals surface area (Å²) in [7, 11) is 1.71. The molecule has 0 spiro atoms. The van der Waals surface area contributed by atoms with Crippen LogP contribution in [0.5, 0.6) is 0 Å². The zero-order valence-corrected chi connectivity index (χ0v) is 14.0. The Labute approximate surface area is 143 Å². The standard InChI is InChI=1S/C18H17N3O2S/c1-21-16(20-15-10-6-5-9-14(15)18(21)23)11-24-12-17(22)19-13-7-3-2-4-8-13/h2-10H,11-12H2,1H3,(H,19,22). The Morgan fingerprint density at radius 1 is 1.12 bits per heavy atom. The zero-order chi connectivity index (χ0) is 16.9. The van der Waals surface area contributed by atoms with Crippen molar-refractivity contribution < 1.29 is 4.79 Å². The van der Waals surface area contributed by atoms with Crippen molar-refractivity contribution in [2.45, 2.75) is 5.75 Å². The Bertz CT molecular complexity index is 922. The molecule has 0 atom stereocenters. The molecule has 1 amide bonds. The number of para-hydroxylation sites is 2. The van der Waals surface area contributed by atoms with Crippen LogP contribution in [0.25, 0.3) is 10.9 Å². The zero-order valence-electron chi connectivity index (χ0n) is 13.2. The summed E-state index contributed by atoms with van der Waals surface area (Å²) in [4.78, 5) is 28.8. The lowest BCUT2D eigenvalue weighted by molar-refractivity contribution is -0.113. The average Bonchev–Trinajstić information content (AvgIpc) is 2.60. The van der Waals surface area contributed by atoms with Crippen LogP contribution in [0, 0.1) is 0 Å². The van der Waals surface area contributed by atoms with Gasteiger partial charge in [-0.25, -0.2) is 4.98 Å². The minimum atomic E-state index is -0.0722. The Hall–Kier alpha value is -2.60. The van der Waals surface area contributed by atoms with Crippen LogP contribution in [0.3, 0.4) is 0 Å². The van der Waals surface area contributed by atoms with E-state index in [4.69, 9.17) is 0 Å². The van der Waals surface area contributed by atoms with Gasteiger partial charge in [0.2, 0.25) is 5.91 Å². The molecule has 0 unspecified atom stereocenters. The van der Waals surface area contributed by atoms with E-state index in [1.807, 2.05) is 48.5 Å². The molecule has 0 aliphatic carbocycles. The molecule has 2 aromatic carbocycles. The molecule has 0 fully saturated rings. The van der Waals surface area contributed by atoms with Crippen molar-refractivity contribution in [2.75, 3.05) is 11.1 Å². The number of amides is 1. The number of hydrogen-bond donors (Lipinski definition) is 1. The third kappa shape index (κ3) is 3.65. The highest BCUT2D eigenvalue weighted by molar-refractivity contribution is 7.99. The van der Waals surface area contributed by atoms with E-state index in [0.29, 0.717) is 28.2 Å². The maximum Gasteiger partial charge on any atom is 0.261 e. The largest absolute Gasteiger partial charge is 0.325 e. The van der Waals surface area contributed by atoms with Crippen LogP contribution in [0.4, 0.5) is 5.69 Å². The predicted octanol–water partition coefficient (Wildman–Crippen LogP) is 2.81. The maximum atomic E-state index is 12.3. The summed E-state index contributed by atoms with van der Waals surface area (Å²) in [6, 6.07) is 16.6. The van der Waals surface area contributed by atoms with Crippen LogP contribution < -0.4 is 10.9 Å². The molecular formula is C18H17N3O2S. The molecule has 1 aromatic heterocycles. The Morgan fingerprint density at radius 3 is 2.62 bits per heavy atom. The van der Waals surface area contributed by atoms with Gasteiger partial charge in [0.15, 0.2) is 0 Å². The number of thioether (sulfide) groups is 1. The van der Waals surface area contributed by atoms with Gasteiger partial charge in [-0.3, -0.25) is 14.2 Å². The molecule has 5 nitrogen and oxygen atoms in total. The molecule has 0 bridgehead atoms. The minimum Gasteiger partial charge on any atom is -0.325 e. The molecule has 3 rings (SSSR count). The normalized spacial score (nSPS) is 10.7. The van der Waals surface area contributed by atoms with Crippen molar-refractivity contribution in [1.29, 1.82) is 0 Å². The Balaban J connectivity index is 1.65. The monoisotopic (exact) mass is 339 g/mol. The van der Waals surface area contributed by atoms with Gasteiger partial charge < -0.3 is 5.32 Å². The van der Waals surface area contributed by atoms with E-state index in [9.17, 15) is 9.59 Å². The molecule has 1 heterocycles. The van der Waals surface area contributed by atoms with Gasteiger partial charge >= 0.3 is 0 Å². The molecule has 3 aromatic rings. The Kier molecular flexibility index (Phi) is 4.96. The first-order valence-corrected chi connectivity index (χ1v) is 8.68. The van der Waals surface area contributed by atoms with E-state index in [2.05, 4.69) is 10.3 Å². The number of fused-ring (bicyclic) bond motifs is 1. The van der Waals surface area contributed by atoms with Crippen molar-refractivity contribution in [3.63, 3.8) is 0 Å². The number of nitrogens with zero attached hydrogens (tertiary/aromatic N) is 2. The van der Waals surface area contributed by atoms with Gasteiger partial charge in [0.25, 0.3) is 5.56 Å². The molecule has 6 heteroatoms. The summed E-state index contributed by atoms with van der Waals surface area (Å²) in [6.07, 6.45) is 0. The highest BCUT2D eigenvalue weighted by Crippen LogP contribution is 2.13. The van der Waals surface area contributed by atoms with Crippen LogP contribution in [-0.4, -0.2) is 21.2 Å². The number of anilines is 1. The molecule has 0 aliphatic rings. The second-order valence-corrected chi connectivity index (χ2v) is 6.30. The highest BCUT2D eigenvalue weighted by atomic mass is 32.2. The number of aromatic nitrogens is 2. The topological polar surface area (TPSA) is 64.0 Å². The smallest absolute Gasteiger partial charge is 0.261 e. The van der Waals surface area contributed by atoms with Gasteiger partial charge in [-0.05, 0) is 24.3 Å². The van der Waals surface area contributed by atoms with E-state index >= 15 is 0 Å². The fourth-order valence-electron chi connectivity index (χ4n) is 2.35. The van der Waals surface area contributed by atoms with Gasteiger partial charge in [0, 0.05) is 12.7 Å². The highest BCUT2D eigenvalue weighted by Gasteiger charge is 2.09. The van der Waals surface area contributed by atoms with Crippen molar-refractivity contribution >= 4 is 34.3 Å². The fraction of sp³-hybridized carbons (Fsp3) is 0.167. The van der Waals surface area contributed by atoms with Crippen LogP contribution in [0.15, 0.2) is 59.4 Å². The summed E-state index contributed by atoms with van der Waals surface area (Å²) < 4.78 is 1.55. The van der Waals surface area contributed by atoms with Crippen LogP contribution in [-0.2, 0) is 17.6 Å². The lowest BCUT2D eigenvalue weighted by Gasteiger charge is -2.09. The van der Waals surface area contributed by atoms with Gasteiger partial charge in [0.1, 0.15) is 5.82 Å². The van der Waals surface area contributed by atoms with Crippen molar-refractivity contribution in [2.24, 2.45) is 7.05 Å². The molecule has 1 N–H and O–H groups in total. The molecule has 0 aliphatic heterocycles. The number of carbonyl (C=O) groups excluding carboxylic acids is 1. The van der Waals surface area contributed by atoms with Crippen molar-refractivity contribution in [1.82, 2.24) is 9.55 Å². The summed E-state index contributed by atoms with van der Waals surface area (Å²) in [5.74, 6) is 1.39. The number of hydrogen-bond acceptors (Lipinski definition) is 4. The molecular weight excluding hydrogens is 322 g/mol. The van der Waals surface area contributed by atoms with Crippen molar-refractivity contribution in [3.8, 4) is 0 Å². The maximum absolute atomic E-state index is 12.3. The number of carbonyl (C=O) groups is 1. The van der Waals surface area contributed by atoms with Gasteiger partial charge in [-0.15, -0.1) is 11.8 Å². The lowest BCUT2D eigenvalue weighted by atomic mass is 10.2. The quantitative estimate of drug-likeness (QED) is 0.776. The first-order valence-electron chi connectivity index (χ1n) is 7.52. The SMILES string of the molecule is Cn1c(CSCC(=O)Nc2ccccc2)nc2ccccc2c1=O. The van der Waals surface area contributed by atoms with Crippen LogP contribution >= 0.6 is 11.8 Å². The lowest BCUT2D eigenvalue weighted by Crippen LogP contribution is -2.22. The van der Waals surface area contributed by atoms with Gasteiger partial charge in [0.05, 0.1) is 22.4 Å². The first kappa shape index (κ1) is 16.3. The van der Waals surface area contributed by atoms with Crippen LogP contribution in [0.2, 0.25) is 0 Å². The third-order valence-corrected chi connectivity index (χ3v) is 4.53. The molecule has 122 valence electrons. The second-order valence-electron chi connectivity index (χ2n) is 5.32. The summed E-state index contributed by atoms with van der Waals surface area (Å²) in [5.41, 5.74) is 1.40. The van der Waals surface area contributed by atoms with Gasteiger partial charge in [-0.2, -0.15) is 0 Å².